The lowest BCUT2D eigenvalue weighted by Gasteiger charge is -2.27. The summed E-state index contributed by atoms with van der Waals surface area (Å²) in [5.74, 6) is -0.711. The van der Waals surface area contributed by atoms with Crippen LogP contribution >= 0.6 is 15.9 Å². The number of carbonyl (C=O) groups excluding carboxylic acids is 1. The fraction of sp³-hybridized carbons (Fsp3) is 0.278. The van der Waals surface area contributed by atoms with Crippen molar-refractivity contribution in [1.82, 2.24) is 10.6 Å². The fourth-order valence-corrected chi connectivity index (χ4v) is 3.11. The van der Waals surface area contributed by atoms with Gasteiger partial charge < -0.3 is 15.4 Å². The van der Waals surface area contributed by atoms with Crippen LogP contribution in [0.3, 0.4) is 0 Å². The molecule has 0 fully saturated rings. The van der Waals surface area contributed by atoms with E-state index in [4.69, 9.17) is 4.74 Å². The predicted octanol–water partition coefficient (Wildman–Crippen LogP) is 2.97. The average molecular weight is 393 g/mol. The Kier molecular flexibility index (Phi) is 5.48. The van der Waals surface area contributed by atoms with Crippen molar-refractivity contribution >= 4 is 21.8 Å². The van der Waals surface area contributed by atoms with E-state index in [-0.39, 0.29) is 24.3 Å². The Labute approximate surface area is 148 Å². The minimum atomic E-state index is -0.500. The van der Waals surface area contributed by atoms with Crippen molar-refractivity contribution < 1.29 is 13.9 Å². The summed E-state index contributed by atoms with van der Waals surface area (Å²) < 4.78 is 19.5. The molecule has 0 aromatic heterocycles. The maximum Gasteiger partial charge on any atom is 0.258 e. The quantitative estimate of drug-likeness (QED) is 0.822. The topological polar surface area (TPSA) is 50.4 Å². The Morgan fingerprint density at radius 2 is 2.17 bits per heavy atom. The van der Waals surface area contributed by atoms with E-state index < -0.39 is 5.82 Å². The molecule has 2 aromatic rings. The maximum atomic E-state index is 13.6. The molecule has 0 aliphatic carbocycles. The molecular weight excluding hydrogens is 375 g/mol. The molecule has 2 aromatic carbocycles. The first-order valence-electron chi connectivity index (χ1n) is 7.79. The van der Waals surface area contributed by atoms with Gasteiger partial charge in [-0.2, -0.15) is 0 Å². The summed E-state index contributed by atoms with van der Waals surface area (Å²) in [5, 5.41) is 6.24. The zero-order valence-corrected chi connectivity index (χ0v) is 14.6. The standard InChI is InChI=1S/C18H18BrFN2O2/c19-13-5-6-17(15(20)9-13)24-11-18(23)22-10-16-14-4-2-1-3-12(14)7-8-21-16/h1-6,9,16,21H,7-8,10-11H2,(H,22,23). The van der Waals surface area contributed by atoms with Crippen molar-refractivity contribution in [2.24, 2.45) is 0 Å². The molecule has 2 N–H and O–H groups in total. The first-order valence-corrected chi connectivity index (χ1v) is 8.58. The van der Waals surface area contributed by atoms with E-state index in [9.17, 15) is 9.18 Å². The second kappa shape index (κ2) is 7.77. The maximum absolute atomic E-state index is 13.6. The minimum Gasteiger partial charge on any atom is -0.481 e. The van der Waals surface area contributed by atoms with E-state index in [0.717, 1.165) is 13.0 Å². The molecule has 24 heavy (non-hydrogen) atoms. The van der Waals surface area contributed by atoms with Crippen molar-refractivity contribution in [2.75, 3.05) is 19.7 Å². The molecule has 1 atom stereocenters. The zero-order valence-electron chi connectivity index (χ0n) is 13.0. The number of nitrogens with one attached hydrogen (secondary N) is 2. The third-order valence-electron chi connectivity index (χ3n) is 3.97. The second-order valence-electron chi connectivity index (χ2n) is 5.62. The molecule has 1 amide bonds. The Balaban J connectivity index is 1.51. The molecule has 0 radical (unpaired) electrons. The molecular formula is C18H18BrFN2O2. The number of amides is 1. The highest BCUT2D eigenvalue weighted by Gasteiger charge is 2.19. The molecule has 0 spiro atoms. The number of fused-ring (bicyclic) bond motifs is 1. The van der Waals surface area contributed by atoms with E-state index in [0.29, 0.717) is 11.0 Å². The van der Waals surface area contributed by atoms with Gasteiger partial charge in [0.2, 0.25) is 0 Å². The summed E-state index contributed by atoms with van der Waals surface area (Å²) in [6.07, 6.45) is 0.993. The van der Waals surface area contributed by atoms with Crippen LogP contribution in [0.5, 0.6) is 5.75 Å². The number of halogens is 2. The van der Waals surface area contributed by atoms with Crippen molar-refractivity contribution in [2.45, 2.75) is 12.5 Å². The third-order valence-corrected chi connectivity index (χ3v) is 4.46. The van der Waals surface area contributed by atoms with E-state index in [1.54, 1.807) is 6.07 Å². The van der Waals surface area contributed by atoms with Crippen molar-refractivity contribution in [1.29, 1.82) is 0 Å². The van der Waals surface area contributed by atoms with Crippen LogP contribution in [0.1, 0.15) is 17.2 Å². The van der Waals surface area contributed by atoms with Crippen LogP contribution in [-0.4, -0.2) is 25.6 Å². The summed E-state index contributed by atoms with van der Waals surface area (Å²) in [6, 6.07) is 12.8. The Morgan fingerprint density at radius 1 is 1.33 bits per heavy atom. The lowest BCUT2D eigenvalue weighted by molar-refractivity contribution is -0.123. The van der Waals surface area contributed by atoms with Gasteiger partial charge in [0.25, 0.3) is 5.91 Å². The largest absolute Gasteiger partial charge is 0.481 e. The molecule has 3 rings (SSSR count). The summed E-state index contributed by atoms with van der Waals surface area (Å²) in [5.41, 5.74) is 2.52. The highest BCUT2D eigenvalue weighted by atomic mass is 79.9. The van der Waals surface area contributed by atoms with Gasteiger partial charge in [-0.1, -0.05) is 40.2 Å². The van der Waals surface area contributed by atoms with Gasteiger partial charge in [0.15, 0.2) is 18.2 Å². The Bertz CT molecular complexity index is 739. The van der Waals surface area contributed by atoms with Gasteiger partial charge in [0.05, 0.1) is 0 Å². The minimum absolute atomic E-state index is 0.0643. The number of carbonyl (C=O) groups is 1. The summed E-state index contributed by atoms with van der Waals surface area (Å²) >= 11 is 3.18. The summed E-state index contributed by atoms with van der Waals surface area (Å²) in [6.45, 7) is 1.15. The monoisotopic (exact) mass is 392 g/mol. The number of rotatable bonds is 5. The van der Waals surface area contributed by atoms with Gasteiger partial charge in [-0.05, 0) is 42.3 Å². The van der Waals surface area contributed by atoms with Crippen molar-refractivity contribution in [3.63, 3.8) is 0 Å². The molecule has 4 nitrogen and oxygen atoms in total. The molecule has 1 heterocycles. The van der Waals surface area contributed by atoms with Crippen LogP contribution < -0.4 is 15.4 Å². The van der Waals surface area contributed by atoms with Crippen LogP contribution in [0.15, 0.2) is 46.9 Å². The SMILES string of the molecule is O=C(COc1ccc(Br)cc1F)NCC1NCCc2ccccc21. The molecule has 1 unspecified atom stereocenters. The number of hydrogen-bond donors (Lipinski definition) is 2. The number of hydrogen-bond acceptors (Lipinski definition) is 3. The van der Waals surface area contributed by atoms with Crippen LogP contribution in [0, 0.1) is 5.82 Å². The van der Waals surface area contributed by atoms with Crippen LogP contribution in [0.2, 0.25) is 0 Å². The van der Waals surface area contributed by atoms with Crippen LogP contribution in [0.25, 0.3) is 0 Å². The lowest BCUT2D eigenvalue weighted by Crippen LogP contribution is -2.40. The average Bonchev–Trinajstić information content (AvgIpc) is 2.59. The van der Waals surface area contributed by atoms with Gasteiger partial charge in [-0.25, -0.2) is 4.39 Å². The van der Waals surface area contributed by atoms with Gasteiger partial charge in [-0.15, -0.1) is 0 Å². The molecule has 1 aliphatic rings. The van der Waals surface area contributed by atoms with Crippen molar-refractivity contribution in [3.05, 3.63) is 63.9 Å². The smallest absolute Gasteiger partial charge is 0.258 e. The molecule has 126 valence electrons. The molecule has 1 aliphatic heterocycles. The molecule has 6 heteroatoms. The summed E-state index contributed by atoms with van der Waals surface area (Å²) in [7, 11) is 0. The molecule has 0 saturated carbocycles. The van der Waals surface area contributed by atoms with Gasteiger partial charge >= 0.3 is 0 Å². The first kappa shape index (κ1) is 16.9. The number of ether oxygens (including phenoxy) is 1. The van der Waals surface area contributed by atoms with E-state index in [1.165, 1.54) is 23.3 Å². The molecule has 0 saturated heterocycles. The number of benzene rings is 2. The normalized spacial score (nSPS) is 16.3. The van der Waals surface area contributed by atoms with Crippen molar-refractivity contribution in [3.8, 4) is 5.75 Å². The van der Waals surface area contributed by atoms with E-state index in [1.807, 2.05) is 12.1 Å². The van der Waals surface area contributed by atoms with E-state index >= 15 is 0 Å². The van der Waals surface area contributed by atoms with E-state index in [2.05, 4.69) is 38.7 Å². The predicted molar refractivity (Wildman–Crippen MR) is 93.5 cm³/mol. The van der Waals surface area contributed by atoms with Gasteiger partial charge in [0.1, 0.15) is 0 Å². The fourth-order valence-electron chi connectivity index (χ4n) is 2.78. The Morgan fingerprint density at radius 3 is 3.00 bits per heavy atom. The highest BCUT2D eigenvalue weighted by Crippen LogP contribution is 2.22. The summed E-state index contributed by atoms with van der Waals surface area (Å²) in [4.78, 5) is 12.0. The molecule has 0 bridgehead atoms. The van der Waals surface area contributed by atoms with Crippen LogP contribution in [0.4, 0.5) is 4.39 Å². The third kappa shape index (κ3) is 4.13. The Hall–Kier alpha value is -1.92. The lowest BCUT2D eigenvalue weighted by atomic mass is 9.94. The zero-order chi connectivity index (χ0) is 16.9. The van der Waals surface area contributed by atoms with Gasteiger partial charge in [0, 0.05) is 17.1 Å². The first-order chi connectivity index (χ1) is 11.6. The highest BCUT2D eigenvalue weighted by molar-refractivity contribution is 9.10. The second-order valence-corrected chi connectivity index (χ2v) is 6.54. The van der Waals surface area contributed by atoms with Gasteiger partial charge in [-0.3, -0.25) is 4.79 Å². The van der Waals surface area contributed by atoms with Crippen LogP contribution in [-0.2, 0) is 11.2 Å².